The van der Waals surface area contributed by atoms with Crippen molar-refractivity contribution in [1.29, 1.82) is 0 Å². The van der Waals surface area contributed by atoms with Crippen molar-refractivity contribution in [3.63, 3.8) is 0 Å². The summed E-state index contributed by atoms with van der Waals surface area (Å²) in [4.78, 5) is 21.2. The highest BCUT2D eigenvalue weighted by molar-refractivity contribution is 5.81. The number of halogens is 2. The average molecular weight is 414 g/mol. The Morgan fingerprint density at radius 3 is 2.67 bits per heavy atom. The summed E-state index contributed by atoms with van der Waals surface area (Å²) in [7, 11) is 0. The number of carbonyl (C=O) groups excluding carboxylic acids is 1. The standard InChI is InChI=1S/C22H24F2N4O2/c23-16-2-1-15(11-17(16)24)22(30)12-28(13-22)21(29)14-5-9-27(10-6-14)19-4-8-25-18-3-7-26-20(18)19/h1-2,4,8,11,14,26,30H,3,5-7,9-10,12-13H2. The SMILES string of the molecule is O=C(C1CCN(c2ccnc3c2NCC3)CC1)N1CC(O)(c2ccc(F)c(F)c2)C1. The van der Waals surface area contributed by atoms with E-state index in [1.54, 1.807) is 4.90 Å². The maximum atomic E-state index is 13.5. The molecule has 0 atom stereocenters. The van der Waals surface area contributed by atoms with E-state index < -0.39 is 17.2 Å². The zero-order chi connectivity index (χ0) is 20.9. The second kappa shape index (κ2) is 7.19. The molecule has 4 heterocycles. The van der Waals surface area contributed by atoms with Crippen LogP contribution in [0.25, 0.3) is 0 Å². The van der Waals surface area contributed by atoms with Gasteiger partial charge in [0.1, 0.15) is 5.60 Å². The van der Waals surface area contributed by atoms with Gasteiger partial charge in [0.05, 0.1) is 30.2 Å². The van der Waals surface area contributed by atoms with Crippen LogP contribution in [-0.4, -0.2) is 53.6 Å². The van der Waals surface area contributed by atoms with Crippen molar-refractivity contribution in [2.75, 3.05) is 42.9 Å². The van der Waals surface area contributed by atoms with Crippen molar-refractivity contribution in [3.05, 3.63) is 53.4 Å². The van der Waals surface area contributed by atoms with Crippen molar-refractivity contribution in [2.45, 2.75) is 24.9 Å². The van der Waals surface area contributed by atoms with Crippen LogP contribution in [0.5, 0.6) is 0 Å². The highest BCUT2D eigenvalue weighted by Gasteiger charge is 2.47. The van der Waals surface area contributed by atoms with Gasteiger partial charge in [0, 0.05) is 38.2 Å². The zero-order valence-corrected chi connectivity index (χ0v) is 16.6. The second-order valence-corrected chi connectivity index (χ2v) is 8.44. The van der Waals surface area contributed by atoms with Crippen LogP contribution in [0.4, 0.5) is 20.2 Å². The molecule has 8 heteroatoms. The van der Waals surface area contributed by atoms with Gasteiger partial charge in [0.2, 0.25) is 5.91 Å². The molecule has 0 spiro atoms. The molecule has 30 heavy (non-hydrogen) atoms. The first kappa shape index (κ1) is 19.2. The molecule has 0 aliphatic carbocycles. The maximum absolute atomic E-state index is 13.5. The quantitative estimate of drug-likeness (QED) is 0.807. The molecule has 3 aliphatic heterocycles. The fourth-order valence-electron chi connectivity index (χ4n) is 4.78. The van der Waals surface area contributed by atoms with E-state index in [1.807, 2.05) is 12.3 Å². The van der Waals surface area contributed by atoms with E-state index in [-0.39, 0.29) is 24.9 Å². The Balaban J connectivity index is 1.19. The summed E-state index contributed by atoms with van der Waals surface area (Å²) in [5, 5.41) is 14.1. The molecule has 6 nitrogen and oxygen atoms in total. The van der Waals surface area contributed by atoms with Gasteiger partial charge in [-0.3, -0.25) is 9.78 Å². The van der Waals surface area contributed by atoms with E-state index in [9.17, 15) is 18.7 Å². The van der Waals surface area contributed by atoms with Crippen molar-refractivity contribution < 1.29 is 18.7 Å². The topological polar surface area (TPSA) is 68.7 Å². The third kappa shape index (κ3) is 3.19. The molecule has 3 aliphatic rings. The van der Waals surface area contributed by atoms with Crippen LogP contribution >= 0.6 is 0 Å². The monoisotopic (exact) mass is 414 g/mol. The highest BCUT2D eigenvalue weighted by Crippen LogP contribution is 2.37. The predicted octanol–water partition coefficient (Wildman–Crippen LogP) is 2.27. The lowest BCUT2D eigenvalue weighted by atomic mass is 9.84. The number of hydrogen-bond donors (Lipinski definition) is 2. The van der Waals surface area contributed by atoms with Crippen molar-refractivity contribution in [1.82, 2.24) is 9.88 Å². The number of rotatable bonds is 3. The fourth-order valence-corrected chi connectivity index (χ4v) is 4.78. The molecule has 158 valence electrons. The number of pyridine rings is 1. The van der Waals surface area contributed by atoms with E-state index in [4.69, 9.17) is 0 Å². The summed E-state index contributed by atoms with van der Waals surface area (Å²) in [5.41, 5.74) is 2.36. The number of anilines is 2. The van der Waals surface area contributed by atoms with Gasteiger partial charge in [-0.05, 0) is 36.6 Å². The largest absolute Gasteiger partial charge is 0.381 e. The van der Waals surface area contributed by atoms with Gasteiger partial charge in [0.25, 0.3) is 0 Å². The van der Waals surface area contributed by atoms with Gasteiger partial charge in [-0.1, -0.05) is 6.07 Å². The number of hydrogen-bond acceptors (Lipinski definition) is 5. The number of aromatic nitrogens is 1. The van der Waals surface area contributed by atoms with E-state index in [0.717, 1.165) is 68.1 Å². The number of piperidine rings is 1. The Labute approximate surface area is 173 Å². The minimum atomic E-state index is -1.31. The number of likely N-dealkylation sites (tertiary alicyclic amines) is 1. The van der Waals surface area contributed by atoms with Crippen molar-refractivity contribution >= 4 is 17.3 Å². The molecular weight excluding hydrogens is 390 g/mol. The van der Waals surface area contributed by atoms with E-state index in [0.29, 0.717) is 5.56 Å². The predicted molar refractivity (Wildman–Crippen MR) is 108 cm³/mol. The number of fused-ring (bicyclic) bond motifs is 1. The van der Waals surface area contributed by atoms with Gasteiger partial charge < -0.3 is 20.2 Å². The molecule has 0 bridgehead atoms. The van der Waals surface area contributed by atoms with Crippen LogP contribution in [-0.2, 0) is 16.8 Å². The first-order valence-electron chi connectivity index (χ1n) is 10.4. The summed E-state index contributed by atoms with van der Waals surface area (Å²) in [6.07, 6.45) is 4.28. The van der Waals surface area contributed by atoms with Crippen LogP contribution < -0.4 is 10.2 Å². The lowest BCUT2D eigenvalue weighted by molar-refractivity contribution is -0.162. The summed E-state index contributed by atoms with van der Waals surface area (Å²) in [6.45, 7) is 2.70. The zero-order valence-electron chi connectivity index (χ0n) is 16.6. The van der Waals surface area contributed by atoms with Crippen LogP contribution in [0.2, 0.25) is 0 Å². The average Bonchev–Trinajstić information content (AvgIpc) is 3.22. The van der Waals surface area contributed by atoms with E-state index >= 15 is 0 Å². The minimum absolute atomic E-state index is 0.0278. The second-order valence-electron chi connectivity index (χ2n) is 8.44. The van der Waals surface area contributed by atoms with E-state index in [2.05, 4.69) is 15.2 Å². The molecule has 2 aromatic rings. The molecule has 2 saturated heterocycles. The lowest BCUT2D eigenvalue weighted by Gasteiger charge is -2.48. The normalized spacial score (nSPS) is 20.5. The van der Waals surface area contributed by atoms with Gasteiger partial charge in [0.15, 0.2) is 11.6 Å². The number of benzene rings is 1. The van der Waals surface area contributed by atoms with Crippen molar-refractivity contribution in [3.8, 4) is 0 Å². The number of amides is 1. The Bertz CT molecular complexity index is 985. The van der Waals surface area contributed by atoms with Crippen LogP contribution in [0.1, 0.15) is 24.1 Å². The molecule has 5 rings (SSSR count). The number of β-amino-alcohol motifs (C(OH)–C–C–N with tert-alkyl or cyclic N) is 1. The molecular formula is C22H24F2N4O2. The molecule has 0 unspecified atom stereocenters. The molecule has 2 fully saturated rings. The van der Waals surface area contributed by atoms with E-state index in [1.165, 1.54) is 6.07 Å². The Kier molecular flexibility index (Phi) is 4.61. The summed E-state index contributed by atoms with van der Waals surface area (Å²) in [6, 6.07) is 5.42. The Morgan fingerprint density at radius 2 is 1.93 bits per heavy atom. The molecule has 1 aromatic carbocycles. The minimum Gasteiger partial charge on any atom is -0.381 e. The van der Waals surface area contributed by atoms with Crippen LogP contribution in [0, 0.1) is 17.6 Å². The first-order chi connectivity index (χ1) is 14.4. The Hall–Kier alpha value is -2.74. The molecule has 0 saturated carbocycles. The smallest absolute Gasteiger partial charge is 0.226 e. The summed E-state index contributed by atoms with van der Waals surface area (Å²) >= 11 is 0. The number of nitrogens with zero attached hydrogens (tertiary/aromatic N) is 3. The Morgan fingerprint density at radius 1 is 1.17 bits per heavy atom. The molecule has 0 radical (unpaired) electrons. The summed E-state index contributed by atoms with van der Waals surface area (Å²) < 4.78 is 26.6. The number of aliphatic hydroxyl groups is 1. The van der Waals surface area contributed by atoms with Gasteiger partial charge in [-0.2, -0.15) is 0 Å². The van der Waals surface area contributed by atoms with Crippen LogP contribution in [0.15, 0.2) is 30.5 Å². The maximum Gasteiger partial charge on any atom is 0.226 e. The third-order valence-electron chi connectivity index (χ3n) is 6.53. The first-order valence-corrected chi connectivity index (χ1v) is 10.4. The summed E-state index contributed by atoms with van der Waals surface area (Å²) in [5.74, 6) is -2.00. The molecule has 2 N–H and O–H groups in total. The van der Waals surface area contributed by atoms with Crippen molar-refractivity contribution in [2.24, 2.45) is 5.92 Å². The van der Waals surface area contributed by atoms with Gasteiger partial charge in [-0.25, -0.2) is 8.78 Å². The van der Waals surface area contributed by atoms with Crippen LogP contribution in [0.3, 0.4) is 0 Å². The highest BCUT2D eigenvalue weighted by atomic mass is 19.2. The third-order valence-corrected chi connectivity index (χ3v) is 6.53. The van der Waals surface area contributed by atoms with Gasteiger partial charge in [-0.15, -0.1) is 0 Å². The number of carbonyl (C=O) groups is 1. The fraction of sp³-hybridized carbons (Fsp3) is 0.455. The lowest BCUT2D eigenvalue weighted by Crippen LogP contribution is -2.62. The number of nitrogens with one attached hydrogen (secondary N) is 1. The molecule has 1 aromatic heterocycles. The molecule has 1 amide bonds. The van der Waals surface area contributed by atoms with Gasteiger partial charge >= 0.3 is 0 Å².